The van der Waals surface area contributed by atoms with E-state index in [1.54, 1.807) is 10.6 Å². The van der Waals surface area contributed by atoms with Crippen LogP contribution >= 0.6 is 0 Å². The highest BCUT2D eigenvalue weighted by Gasteiger charge is 2.14. The van der Waals surface area contributed by atoms with Crippen LogP contribution in [0.25, 0.3) is 11.3 Å². The van der Waals surface area contributed by atoms with Crippen LogP contribution in [0.15, 0.2) is 41.2 Å². The fraction of sp³-hybridized carbons (Fsp3) is 0.368. The Labute approximate surface area is 131 Å². The highest BCUT2D eigenvalue weighted by molar-refractivity contribution is 5.94. The van der Waals surface area contributed by atoms with Gasteiger partial charge in [-0.05, 0) is 42.5 Å². The van der Waals surface area contributed by atoms with Crippen LogP contribution in [-0.2, 0) is 13.0 Å². The third kappa shape index (κ3) is 3.35. The molecule has 0 N–H and O–H groups in total. The summed E-state index contributed by atoms with van der Waals surface area (Å²) >= 11 is 0. The van der Waals surface area contributed by atoms with Crippen molar-refractivity contribution in [2.75, 3.05) is 0 Å². The van der Waals surface area contributed by atoms with Gasteiger partial charge in [0.25, 0.3) is 5.56 Å². The third-order valence-corrected chi connectivity index (χ3v) is 3.76. The standard InChI is InChI=1S/C19H23NO2/c1-5-15-6-8-16(9-7-15)18-11-10-17(14(4)21)19(22)20(18)12-13(2)3/h6-11,13H,5,12H2,1-4H3. The van der Waals surface area contributed by atoms with E-state index in [4.69, 9.17) is 0 Å². The fourth-order valence-corrected chi connectivity index (χ4v) is 2.56. The van der Waals surface area contributed by atoms with E-state index in [9.17, 15) is 9.59 Å². The lowest BCUT2D eigenvalue weighted by molar-refractivity contribution is 0.101. The van der Waals surface area contributed by atoms with E-state index in [1.165, 1.54) is 12.5 Å². The zero-order chi connectivity index (χ0) is 16.3. The van der Waals surface area contributed by atoms with E-state index in [-0.39, 0.29) is 16.9 Å². The third-order valence-electron chi connectivity index (χ3n) is 3.76. The van der Waals surface area contributed by atoms with Crippen molar-refractivity contribution in [2.45, 2.75) is 40.7 Å². The van der Waals surface area contributed by atoms with Crippen molar-refractivity contribution in [2.24, 2.45) is 5.92 Å². The molecule has 0 unspecified atom stereocenters. The lowest BCUT2D eigenvalue weighted by atomic mass is 10.0. The molecule has 2 rings (SSSR count). The maximum absolute atomic E-state index is 12.6. The van der Waals surface area contributed by atoms with Gasteiger partial charge in [-0.25, -0.2) is 0 Å². The van der Waals surface area contributed by atoms with E-state index in [0.29, 0.717) is 12.5 Å². The minimum absolute atomic E-state index is 0.185. The molecule has 2 aromatic rings. The van der Waals surface area contributed by atoms with Crippen molar-refractivity contribution in [1.29, 1.82) is 0 Å². The predicted octanol–water partition coefficient (Wildman–Crippen LogP) is 3.94. The number of benzene rings is 1. The van der Waals surface area contributed by atoms with Gasteiger partial charge in [-0.3, -0.25) is 9.59 Å². The van der Waals surface area contributed by atoms with E-state index < -0.39 is 0 Å². The van der Waals surface area contributed by atoms with Gasteiger partial charge in [0.15, 0.2) is 5.78 Å². The quantitative estimate of drug-likeness (QED) is 0.784. The molecule has 0 aliphatic rings. The number of carbonyl (C=O) groups excluding carboxylic acids is 1. The number of nitrogens with zero attached hydrogens (tertiary/aromatic N) is 1. The van der Waals surface area contributed by atoms with Gasteiger partial charge >= 0.3 is 0 Å². The monoisotopic (exact) mass is 297 g/mol. The lowest BCUT2D eigenvalue weighted by Crippen LogP contribution is -2.28. The maximum atomic E-state index is 12.6. The van der Waals surface area contributed by atoms with Crippen molar-refractivity contribution in [3.8, 4) is 11.3 Å². The summed E-state index contributed by atoms with van der Waals surface area (Å²) in [7, 11) is 0. The molecule has 3 heteroatoms. The molecule has 116 valence electrons. The Morgan fingerprint density at radius 1 is 1.09 bits per heavy atom. The molecule has 1 aromatic carbocycles. The first-order valence-corrected chi connectivity index (χ1v) is 7.78. The number of pyridine rings is 1. The average Bonchev–Trinajstić information content (AvgIpc) is 2.48. The molecular formula is C19H23NO2. The predicted molar refractivity (Wildman–Crippen MR) is 90.4 cm³/mol. The summed E-state index contributed by atoms with van der Waals surface area (Å²) in [6, 6.07) is 11.8. The van der Waals surface area contributed by atoms with Crippen molar-refractivity contribution in [1.82, 2.24) is 4.57 Å². The average molecular weight is 297 g/mol. The largest absolute Gasteiger partial charge is 0.307 e. The summed E-state index contributed by atoms with van der Waals surface area (Å²) in [4.78, 5) is 24.2. The fourth-order valence-electron chi connectivity index (χ4n) is 2.56. The van der Waals surface area contributed by atoms with Crippen molar-refractivity contribution in [3.63, 3.8) is 0 Å². The molecule has 0 aliphatic carbocycles. The zero-order valence-electron chi connectivity index (χ0n) is 13.7. The van der Waals surface area contributed by atoms with Gasteiger partial charge < -0.3 is 4.57 Å². The summed E-state index contributed by atoms with van der Waals surface area (Å²) in [5.74, 6) is 0.143. The van der Waals surface area contributed by atoms with Crippen LogP contribution in [-0.4, -0.2) is 10.4 Å². The maximum Gasteiger partial charge on any atom is 0.261 e. The number of carbonyl (C=O) groups is 1. The molecule has 0 radical (unpaired) electrons. The van der Waals surface area contributed by atoms with Gasteiger partial charge in [-0.1, -0.05) is 45.0 Å². The first kappa shape index (κ1) is 16.2. The van der Waals surface area contributed by atoms with Gasteiger partial charge in [-0.15, -0.1) is 0 Å². The van der Waals surface area contributed by atoms with E-state index in [2.05, 4.69) is 32.9 Å². The first-order chi connectivity index (χ1) is 10.4. The number of ketones is 1. The first-order valence-electron chi connectivity index (χ1n) is 7.78. The van der Waals surface area contributed by atoms with Crippen LogP contribution in [0.1, 0.15) is 43.6 Å². The highest BCUT2D eigenvalue weighted by Crippen LogP contribution is 2.20. The number of hydrogen-bond donors (Lipinski definition) is 0. The molecule has 0 saturated heterocycles. The summed E-state index contributed by atoms with van der Waals surface area (Å²) in [6.07, 6.45) is 0.988. The van der Waals surface area contributed by atoms with Gasteiger partial charge in [-0.2, -0.15) is 0 Å². The molecule has 0 atom stereocenters. The van der Waals surface area contributed by atoms with E-state index >= 15 is 0 Å². The molecule has 0 spiro atoms. The summed E-state index contributed by atoms with van der Waals surface area (Å²) < 4.78 is 1.72. The molecule has 0 amide bonds. The second-order valence-electron chi connectivity index (χ2n) is 6.05. The normalized spacial score (nSPS) is 11.0. The molecule has 0 aliphatic heterocycles. The van der Waals surface area contributed by atoms with E-state index in [1.807, 2.05) is 18.2 Å². The van der Waals surface area contributed by atoms with Crippen molar-refractivity contribution < 1.29 is 4.79 Å². The van der Waals surface area contributed by atoms with Gasteiger partial charge in [0.1, 0.15) is 0 Å². The molecule has 1 heterocycles. The Hall–Kier alpha value is -2.16. The van der Waals surface area contributed by atoms with Crippen LogP contribution in [0.4, 0.5) is 0 Å². The van der Waals surface area contributed by atoms with Gasteiger partial charge in [0, 0.05) is 6.54 Å². The zero-order valence-corrected chi connectivity index (χ0v) is 13.7. The molecule has 0 fully saturated rings. The molecule has 0 saturated carbocycles. The van der Waals surface area contributed by atoms with E-state index in [0.717, 1.165) is 17.7 Å². The molecular weight excluding hydrogens is 274 g/mol. The molecule has 22 heavy (non-hydrogen) atoms. The second-order valence-corrected chi connectivity index (χ2v) is 6.05. The summed E-state index contributed by atoms with van der Waals surface area (Å²) in [5, 5.41) is 0. The Morgan fingerprint density at radius 3 is 2.23 bits per heavy atom. The van der Waals surface area contributed by atoms with Crippen molar-refractivity contribution in [3.05, 3.63) is 57.9 Å². The number of rotatable bonds is 5. The Morgan fingerprint density at radius 2 is 1.73 bits per heavy atom. The lowest BCUT2D eigenvalue weighted by Gasteiger charge is -2.16. The Balaban J connectivity index is 2.61. The molecule has 3 nitrogen and oxygen atoms in total. The van der Waals surface area contributed by atoms with Crippen LogP contribution < -0.4 is 5.56 Å². The molecule has 1 aromatic heterocycles. The summed E-state index contributed by atoms with van der Waals surface area (Å²) in [5.41, 5.74) is 3.20. The van der Waals surface area contributed by atoms with Gasteiger partial charge in [0.2, 0.25) is 0 Å². The minimum Gasteiger partial charge on any atom is -0.307 e. The SMILES string of the molecule is CCc1ccc(-c2ccc(C(C)=O)c(=O)n2CC(C)C)cc1. The van der Waals surface area contributed by atoms with Crippen LogP contribution in [0.5, 0.6) is 0 Å². The highest BCUT2D eigenvalue weighted by atomic mass is 16.1. The molecule has 0 bridgehead atoms. The van der Waals surface area contributed by atoms with Crippen LogP contribution in [0.3, 0.4) is 0 Å². The minimum atomic E-state index is -0.196. The summed E-state index contributed by atoms with van der Waals surface area (Å²) in [6.45, 7) is 8.29. The number of aromatic nitrogens is 1. The number of hydrogen-bond acceptors (Lipinski definition) is 2. The number of Topliss-reactive ketones (excluding diaryl/α,β-unsaturated/α-hetero) is 1. The Kier molecular flexibility index (Phi) is 4.96. The van der Waals surface area contributed by atoms with Crippen molar-refractivity contribution >= 4 is 5.78 Å². The smallest absolute Gasteiger partial charge is 0.261 e. The Bertz CT molecular complexity index is 724. The number of aryl methyl sites for hydroxylation is 1. The van der Waals surface area contributed by atoms with Crippen LogP contribution in [0, 0.1) is 5.92 Å². The topological polar surface area (TPSA) is 39.1 Å². The van der Waals surface area contributed by atoms with Gasteiger partial charge in [0.05, 0.1) is 11.3 Å². The van der Waals surface area contributed by atoms with Crippen LogP contribution in [0.2, 0.25) is 0 Å². The second kappa shape index (κ2) is 6.73.